The van der Waals surface area contributed by atoms with E-state index < -0.39 is 0 Å². The Labute approximate surface area is 72.3 Å². The summed E-state index contributed by atoms with van der Waals surface area (Å²) in [6, 6.07) is 8.24. The number of hydrogen-bond donors (Lipinski definition) is 1. The number of nitrogens with two attached hydrogens (primary N) is 1. The molecular formula is C10H12N2. The van der Waals surface area contributed by atoms with Crippen LogP contribution in [0.5, 0.6) is 0 Å². The van der Waals surface area contributed by atoms with Gasteiger partial charge >= 0.3 is 0 Å². The molecule has 1 unspecified atom stereocenters. The Bertz CT molecular complexity index is 317. The van der Waals surface area contributed by atoms with Crippen molar-refractivity contribution < 1.29 is 0 Å². The normalized spacial score (nSPS) is 20.8. The van der Waals surface area contributed by atoms with Crippen molar-refractivity contribution in [1.82, 2.24) is 0 Å². The highest BCUT2D eigenvalue weighted by Gasteiger charge is 2.13. The highest BCUT2D eigenvalue weighted by Crippen LogP contribution is 2.25. The third-order valence-electron chi connectivity index (χ3n) is 2.24. The summed E-state index contributed by atoms with van der Waals surface area (Å²) < 4.78 is 0. The molecule has 0 aromatic heterocycles. The average molecular weight is 160 g/mol. The molecular weight excluding hydrogens is 148 g/mol. The lowest BCUT2D eigenvalue weighted by atomic mass is 10.1. The lowest BCUT2D eigenvalue weighted by Gasteiger charge is -2.29. The Morgan fingerprint density at radius 3 is 2.92 bits per heavy atom. The minimum Gasteiger partial charge on any atom is -0.355 e. The molecule has 1 atom stereocenters. The largest absolute Gasteiger partial charge is 0.355 e. The molecule has 0 bridgehead atoms. The quantitative estimate of drug-likeness (QED) is 0.622. The summed E-state index contributed by atoms with van der Waals surface area (Å²) in [5, 5.41) is 0. The van der Waals surface area contributed by atoms with Gasteiger partial charge in [-0.05, 0) is 17.7 Å². The summed E-state index contributed by atoms with van der Waals surface area (Å²) in [4.78, 5) is 2.06. The highest BCUT2D eigenvalue weighted by atomic mass is 15.2. The summed E-state index contributed by atoms with van der Waals surface area (Å²) in [7, 11) is 2.01. The second-order valence-corrected chi connectivity index (χ2v) is 3.02. The van der Waals surface area contributed by atoms with Crippen LogP contribution in [0.2, 0.25) is 0 Å². The molecule has 0 fully saturated rings. The van der Waals surface area contributed by atoms with Gasteiger partial charge in [0.25, 0.3) is 0 Å². The van der Waals surface area contributed by atoms with Crippen LogP contribution >= 0.6 is 0 Å². The minimum absolute atomic E-state index is 0.0138. The first-order chi connectivity index (χ1) is 5.79. The van der Waals surface area contributed by atoms with Gasteiger partial charge in [-0.25, -0.2) is 0 Å². The van der Waals surface area contributed by atoms with Crippen LogP contribution in [0.15, 0.2) is 30.3 Å². The number of rotatable bonds is 0. The number of nitrogens with zero attached hydrogens (tertiary/aromatic N) is 1. The molecule has 1 aromatic rings. The molecule has 2 nitrogen and oxygen atoms in total. The molecule has 0 saturated heterocycles. The van der Waals surface area contributed by atoms with Crippen LogP contribution in [0, 0.1) is 0 Å². The van der Waals surface area contributed by atoms with E-state index in [-0.39, 0.29) is 6.17 Å². The summed E-state index contributed by atoms with van der Waals surface area (Å²) >= 11 is 0. The first-order valence-electron chi connectivity index (χ1n) is 4.05. The Kier molecular flexibility index (Phi) is 1.62. The van der Waals surface area contributed by atoms with Gasteiger partial charge in [0.2, 0.25) is 0 Å². The van der Waals surface area contributed by atoms with Gasteiger partial charge in [-0.3, -0.25) is 0 Å². The third kappa shape index (κ3) is 1.01. The van der Waals surface area contributed by atoms with Crippen molar-refractivity contribution in [2.24, 2.45) is 5.73 Å². The third-order valence-corrected chi connectivity index (χ3v) is 2.24. The molecule has 62 valence electrons. The zero-order valence-electron chi connectivity index (χ0n) is 7.07. The molecule has 0 saturated carbocycles. The molecule has 0 spiro atoms. The van der Waals surface area contributed by atoms with Gasteiger partial charge in [0, 0.05) is 12.7 Å². The molecule has 0 aliphatic carbocycles. The standard InChI is InChI=1S/C10H12N2/c1-12-9-5-3-2-4-8(9)6-7-10(12)11/h2-7,10H,11H2,1H3. The highest BCUT2D eigenvalue weighted by molar-refractivity contribution is 5.71. The summed E-state index contributed by atoms with van der Waals surface area (Å²) in [6.45, 7) is 0. The molecule has 1 aromatic carbocycles. The van der Waals surface area contributed by atoms with Crippen LogP contribution < -0.4 is 10.6 Å². The second kappa shape index (κ2) is 2.64. The van der Waals surface area contributed by atoms with Gasteiger partial charge in [0.15, 0.2) is 0 Å². The minimum atomic E-state index is 0.0138. The zero-order chi connectivity index (χ0) is 8.55. The molecule has 0 radical (unpaired) electrons. The maximum atomic E-state index is 5.83. The van der Waals surface area contributed by atoms with Crippen molar-refractivity contribution in [3.05, 3.63) is 35.9 Å². The van der Waals surface area contributed by atoms with Crippen molar-refractivity contribution in [3.8, 4) is 0 Å². The number of hydrogen-bond acceptors (Lipinski definition) is 2. The first kappa shape index (κ1) is 7.37. The number of para-hydroxylation sites is 1. The molecule has 12 heavy (non-hydrogen) atoms. The fourth-order valence-electron chi connectivity index (χ4n) is 1.44. The van der Waals surface area contributed by atoms with E-state index >= 15 is 0 Å². The SMILES string of the molecule is CN1c2ccccc2C=CC1N. The lowest BCUT2D eigenvalue weighted by Crippen LogP contribution is -2.39. The molecule has 1 aliphatic heterocycles. The van der Waals surface area contributed by atoms with Crippen molar-refractivity contribution in [2.75, 3.05) is 11.9 Å². The van der Waals surface area contributed by atoms with Crippen molar-refractivity contribution in [1.29, 1.82) is 0 Å². The number of anilines is 1. The molecule has 2 rings (SSSR count). The summed E-state index contributed by atoms with van der Waals surface area (Å²) in [5.41, 5.74) is 8.27. The molecule has 1 heterocycles. The van der Waals surface area contributed by atoms with E-state index in [4.69, 9.17) is 5.73 Å². The van der Waals surface area contributed by atoms with E-state index in [1.165, 1.54) is 11.3 Å². The number of benzene rings is 1. The van der Waals surface area contributed by atoms with Gasteiger partial charge in [-0.15, -0.1) is 0 Å². The van der Waals surface area contributed by atoms with Gasteiger partial charge in [0.05, 0.1) is 6.17 Å². The number of likely N-dealkylation sites (N-methyl/N-ethyl adjacent to an activating group) is 1. The van der Waals surface area contributed by atoms with Gasteiger partial charge in [-0.2, -0.15) is 0 Å². The van der Waals surface area contributed by atoms with Gasteiger partial charge < -0.3 is 10.6 Å². The van der Waals surface area contributed by atoms with Gasteiger partial charge in [-0.1, -0.05) is 24.3 Å². The molecule has 2 N–H and O–H groups in total. The van der Waals surface area contributed by atoms with Crippen molar-refractivity contribution in [3.63, 3.8) is 0 Å². The van der Waals surface area contributed by atoms with Crippen molar-refractivity contribution >= 4 is 11.8 Å². The van der Waals surface area contributed by atoms with E-state index in [1.807, 2.05) is 25.3 Å². The Morgan fingerprint density at radius 1 is 1.33 bits per heavy atom. The van der Waals surface area contributed by atoms with Crippen molar-refractivity contribution in [2.45, 2.75) is 6.17 Å². The lowest BCUT2D eigenvalue weighted by molar-refractivity contribution is 0.783. The van der Waals surface area contributed by atoms with E-state index in [2.05, 4.69) is 23.1 Å². The van der Waals surface area contributed by atoms with Crippen LogP contribution in [0.3, 0.4) is 0 Å². The van der Waals surface area contributed by atoms with Gasteiger partial charge in [0.1, 0.15) is 0 Å². The van der Waals surface area contributed by atoms with Crippen LogP contribution in [-0.4, -0.2) is 13.2 Å². The first-order valence-corrected chi connectivity index (χ1v) is 4.05. The Balaban J connectivity index is 2.52. The molecule has 0 amide bonds. The van der Waals surface area contributed by atoms with E-state index in [9.17, 15) is 0 Å². The maximum Gasteiger partial charge on any atom is 0.0962 e. The monoisotopic (exact) mass is 160 g/mol. The summed E-state index contributed by atoms with van der Waals surface area (Å²) in [5.74, 6) is 0. The van der Waals surface area contributed by atoms with E-state index in [1.54, 1.807) is 0 Å². The topological polar surface area (TPSA) is 29.3 Å². The average Bonchev–Trinajstić information content (AvgIpc) is 2.12. The predicted molar refractivity (Wildman–Crippen MR) is 51.9 cm³/mol. The smallest absolute Gasteiger partial charge is 0.0962 e. The molecule has 1 aliphatic rings. The van der Waals surface area contributed by atoms with Crippen LogP contribution in [0.1, 0.15) is 5.56 Å². The maximum absolute atomic E-state index is 5.83. The van der Waals surface area contributed by atoms with E-state index in [0.717, 1.165) is 0 Å². The summed E-state index contributed by atoms with van der Waals surface area (Å²) in [6.07, 6.45) is 4.09. The number of fused-ring (bicyclic) bond motifs is 1. The zero-order valence-corrected chi connectivity index (χ0v) is 7.07. The van der Waals surface area contributed by atoms with E-state index in [0.29, 0.717) is 0 Å². The van der Waals surface area contributed by atoms with Crippen LogP contribution in [-0.2, 0) is 0 Å². The second-order valence-electron chi connectivity index (χ2n) is 3.02. The predicted octanol–water partition coefficient (Wildman–Crippen LogP) is 1.43. The fourth-order valence-corrected chi connectivity index (χ4v) is 1.44. The fraction of sp³-hybridized carbons (Fsp3) is 0.200. The van der Waals surface area contributed by atoms with Crippen LogP contribution in [0.4, 0.5) is 5.69 Å². The Hall–Kier alpha value is -1.28. The van der Waals surface area contributed by atoms with Crippen LogP contribution in [0.25, 0.3) is 6.08 Å². The molecule has 2 heteroatoms. The Morgan fingerprint density at radius 2 is 2.08 bits per heavy atom.